The molecular formula is C66H82N8O16S. The van der Waals surface area contributed by atoms with Crippen molar-refractivity contribution in [2.24, 2.45) is 22.0 Å². The lowest BCUT2D eigenvalue weighted by molar-refractivity contribution is -0.271. The molecule has 3 aromatic heterocycles. The first kappa shape index (κ1) is 65.3. The van der Waals surface area contributed by atoms with E-state index in [0.717, 1.165) is 71.1 Å². The van der Waals surface area contributed by atoms with Crippen molar-refractivity contribution in [3.05, 3.63) is 118 Å². The summed E-state index contributed by atoms with van der Waals surface area (Å²) in [5, 5.41) is 60.6. The lowest BCUT2D eigenvalue weighted by atomic mass is 9.39. The van der Waals surface area contributed by atoms with Crippen LogP contribution < -0.4 is 20.7 Å². The van der Waals surface area contributed by atoms with Crippen molar-refractivity contribution in [2.45, 2.75) is 135 Å². The number of aromatic nitrogens is 4. The third-order valence-corrected chi connectivity index (χ3v) is 19.4. The number of hydrogen-bond acceptors (Lipinski definition) is 20. The number of anilines is 2. The van der Waals surface area contributed by atoms with Gasteiger partial charge in [-0.25, -0.2) is 24.4 Å². The van der Waals surface area contributed by atoms with Gasteiger partial charge in [0, 0.05) is 74.3 Å². The highest BCUT2D eigenvalue weighted by atomic mass is 32.1. The highest BCUT2D eigenvalue weighted by Gasteiger charge is 2.66. The largest absolute Gasteiger partial charge is 0.479 e. The lowest BCUT2D eigenvalue weighted by Crippen LogP contribution is -2.64. The second-order valence-electron chi connectivity index (χ2n) is 25.9. The Morgan fingerprint density at radius 1 is 0.824 bits per heavy atom. The van der Waals surface area contributed by atoms with Crippen molar-refractivity contribution in [2.75, 3.05) is 83.1 Å². The number of para-hydroxylation sites is 1. The number of amides is 2. The first-order valence-corrected chi connectivity index (χ1v) is 31.9. The minimum Gasteiger partial charge on any atom is -0.479 e. The molecule has 4 bridgehead atoms. The van der Waals surface area contributed by atoms with E-state index in [1.54, 1.807) is 31.4 Å². The summed E-state index contributed by atoms with van der Waals surface area (Å²) < 4.78 is 43.9. The zero-order valence-corrected chi connectivity index (χ0v) is 52.7. The fourth-order valence-corrected chi connectivity index (χ4v) is 16.3. The second-order valence-corrected chi connectivity index (χ2v) is 27.0. The summed E-state index contributed by atoms with van der Waals surface area (Å²) in [7, 11) is 1.63. The second kappa shape index (κ2) is 27.6. The fourth-order valence-electron chi connectivity index (χ4n) is 15.4. The number of likely N-dealkylation sites (N-methyl/N-ethyl adjacent to an activating group) is 1. The van der Waals surface area contributed by atoms with E-state index in [1.807, 2.05) is 71.1 Å². The van der Waals surface area contributed by atoms with Crippen LogP contribution >= 0.6 is 11.3 Å². The van der Waals surface area contributed by atoms with Crippen molar-refractivity contribution < 1.29 is 77.9 Å². The van der Waals surface area contributed by atoms with E-state index in [0.29, 0.717) is 118 Å². The molecule has 1 saturated heterocycles. The lowest BCUT2D eigenvalue weighted by Gasteiger charge is -2.69. The predicted octanol–water partition coefficient (Wildman–Crippen LogP) is 6.99. The number of ether oxygens (including phenoxy) is 7. The summed E-state index contributed by atoms with van der Waals surface area (Å²) >= 11 is 1.41. The number of aliphatic hydroxyl groups excluding tert-OH is 3. The number of nitrogens with zero attached hydrogens (tertiary/aromatic N) is 6. The number of carboxylic acids is 2. The summed E-state index contributed by atoms with van der Waals surface area (Å²) in [6.07, 6.45) is -0.797. The van der Waals surface area contributed by atoms with Crippen molar-refractivity contribution in [3.8, 4) is 16.9 Å². The van der Waals surface area contributed by atoms with Crippen LogP contribution in [0.15, 0.2) is 79.0 Å². The van der Waals surface area contributed by atoms with Crippen LogP contribution in [0.2, 0.25) is 0 Å². The van der Waals surface area contributed by atoms with E-state index >= 15 is 0 Å². The summed E-state index contributed by atoms with van der Waals surface area (Å²) in [4.78, 5) is 65.4. The number of thiazole rings is 1. The molecule has 0 radical (unpaired) electrons. The van der Waals surface area contributed by atoms with Crippen molar-refractivity contribution in [3.63, 3.8) is 0 Å². The summed E-state index contributed by atoms with van der Waals surface area (Å²) in [5.41, 5.74) is 11.0. The molecule has 8 N–H and O–H groups in total. The molecule has 24 nitrogen and oxygen atoms in total. The molecular weight excluding hydrogens is 1190 g/mol. The minimum atomic E-state index is -1.92. The van der Waals surface area contributed by atoms with Gasteiger partial charge in [0.25, 0.3) is 5.91 Å². The molecule has 4 saturated carbocycles. The van der Waals surface area contributed by atoms with Crippen LogP contribution in [0.5, 0.6) is 5.75 Å². The maximum Gasteiger partial charge on any atom is 0.409 e. The summed E-state index contributed by atoms with van der Waals surface area (Å²) in [5.74, 6) is -2.38. The normalized spacial score (nSPS) is 25.8. The van der Waals surface area contributed by atoms with Gasteiger partial charge in [0.05, 0.1) is 61.7 Å². The number of carbonyl (C=O) groups excluding carboxylic acids is 2. The number of hydrogen-bond donors (Lipinski definition) is 7. The van der Waals surface area contributed by atoms with E-state index in [1.165, 1.54) is 16.2 Å². The van der Waals surface area contributed by atoms with Crippen LogP contribution in [-0.2, 0) is 65.8 Å². The number of benzene rings is 3. The quantitative estimate of drug-likeness (QED) is 0.0243. The number of aliphatic hydroxyl groups is 3. The first-order chi connectivity index (χ1) is 43.6. The maximum atomic E-state index is 13.8. The predicted molar refractivity (Wildman–Crippen MR) is 335 cm³/mol. The molecule has 488 valence electrons. The molecule has 7 atom stereocenters. The van der Waals surface area contributed by atoms with Crippen LogP contribution in [0.25, 0.3) is 21.3 Å². The molecule has 5 heterocycles. The summed E-state index contributed by atoms with van der Waals surface area (Å²) in [6, 6.07) is 22.3. The van der Waals surface area contributed by atoms with E-state index in [-0.39, 0.29) is 53.4 Å². The first-order valence-electron chi connectivity index (χ1n) is 31.1. The Kier molecular flexibility index (Phi) is 19.8. The van der Waals surface area contributed by atoms with Crippen LogP contribution in [0.4, 0.5) is 15.7 Å². The van der Waals surface area contributed by atoms with Gasteiger partial charge in [0.15, 0.2) is 16.9 Å². The highest BCUT2D eigenvalue weighted by Crippen LogP contribution is 2.72. The number of aryl methyl sites for hydroxylation is 1. The maximum absolute atomic E-state index is 13.8. The van der Waals surface area contributed by atoms with Crippen molar-refractivity contribution >= 4 is 56.4 Å². The number of aromatic carboxylic acids is 1. The number of aliphatic carboxylic acids is 1. The number of nitrogens with two attached hydrogens (primary N) is 1. The average Bonchev–Trinajstić information content (AvgIpc) is 1.26. The minimum absolute atomic E-state index is 0.0191. The number of nitrogens with one attached hydrogen (secondary N) is 1. The van der Waals surface area contributed by atoms with E-state index in [2.05, 4.69) is 24.1 Å². The average molecular weight is 1280 g/mol. The van der Waals surface area contributed by atoms with Gasteiger partial charge in [-0.2, -0.15) is 5.10 Å². The monoisotopic (exact) mass is 1270 g/mol. The fraction of sp³-hybridized carbons (Fsp3) is 0.530. The third kappa shape index (κ3) is 14.7. The zero-order chi connectivity index (χ0) is 64.2. The van der Waals surface area contributed by atoms with Crippen LogP contribution in [0, 0.1) is 23.2 Å². The van der Waals surface area contributed by atoms with E-state index in [4.69, 9.17) is 49.0 Å². The van der Waals surface area contributed by atoms with Crippen LogP contribution in [0.3, 0.4) is 0 Å². The Labute approximate surface area is 531 Å². The molecule has 0 spiro atoms. The van der Waals surface area contributed by atoms with Crippen LogP contribution in [-0.4, -0.2) is 183 Å². The SMILES string of the molecule is Cc1c(-c2ccc(N3CCc4cccc(C(=O)Nc5nc6ccccc6s5)c4C3)nc2C(=O)O)cnn1CC12CC3(C)CC(C)(C1)CC(OCCN(C)C(=O)OCc1ccc(CCCOCCOCCOCCN)cc1O[C@@H]1O[C@H](C(=O)O)[C@@H](O)[C@H](O)[C@H]1O)(C3)C2. The number of fused-ring (bicyclic) bond motifs is 2. The highest BCUT2D eigenvalue weighted by molar-refractivity contribution is 7.22. The van der Waals surface area contributed by atoms with Gasteiger partial charge in [0.1, 0.15) is 36.5 Å². The molecule has 91 heavy (non-hydrogen) atoms. The molecule has 2 amide bonds. The molecule has 2 unspecified atom stereocenters. The molecule has 4 aliphatic carbocycles. The smallest absolute Gasteiger partial charge is 0.409 e. The Morgan fingerprint density at radius 2 is 1.57 bits per heavy atom. The number of carboxylic acid groups (broad SMARTS) is 2. The Hall–Kier alpha value is -7.17. The van der Waals surface area contributed by atoms with Gasteiger partial charge in [-0.15, -0.1) is 0 Å². The molecule has 25 heteroatoms. The molecule has 6 aliphatic rings. The number of rotatable bonds is 28. The Balaban J connectivity index is 0.718. The standard InChI is InChI=1S/C66H82N8O16S/c1-40-46(44-16-17-51(70-52(44)58(79)80)73-20-18-42-10-7-11-45(47(42)31-73)57(78)71-61-69-48-12-5-6-13-50(48)91-61)30-68-74(40)39-65-34-63(2)33-64(3,35-65)37-66(36-63,38-65)88-24-21-72(4)62(83)87-32-43-15-14-41(9-8-22-84-25-27-86-28-26-85-23-19-67)29-49(43)89-60-55(77)53(75)54(76)56(90-60)59(81)82/h5-7,10-17,29-30,53-56,60,75-77H,8-9,18-28,31-39,67H2,1-4H3,(H,79,80)(H,81,82)(H,69,71,78)/t53-,54-,55+,56-,60+,63?,64?,65?,66?/m0/s1. The van der Waals surface area contributed by atoms with Crippen LogP contribution in [0.1, 0.15) is 108 Å². The van der Waals surface area contributed by atoms with Gasteiger partial charge < -0.3 is 74.2 Å². The van der Waals surface area contributed by atoms with E-state index in [9.17, 15) is 44.7 Å². The molecule has 6 aromatic rings. The molecule has 5 fully saturated rings. The van der Waals surface area contributed by atoms with Gasteiger partial charge >= 0.3 is 18.0 Å². The summed E-state index contributed by atoms with van der Waals surface area (Å²) in [6.45, 7) is 11.4. The van der Waals surface area contributed by atoms with Gasteiger partial charge in [-0.1, -0.05) is 61.6 Å². The van der Waals surface area contributed by atoms with Gasteiger partial charge in [0.2, 0.25) is 6.29 Å². The van der Waals surface area contributed by atoms with Crippen molar-refractivity contribution in [1.29, 1.82) is 0 Å². The molecule has 12 rings (SSSR count). The Morgan fingerprint density at radius 3 is 2.31 bits per heavy atom. The molecule has 3 aromatic carbocycles. The third-order valence-electron chi connectivity index (χ3n) is 18.4. The van der Waals surface area contributed by atoms with E-state index < -0.39 is 54.3 Å². The topological polar surface area (TPSA) is 322 Å². The zero-order valence-electron chi connectivity index (χ0n) is 51.8. The number of carbonyl (C=O) groups is 4. The van der Waals surface area contributed by atoms with Crippen molar-refractivity contribution in [1.82, 2.24) is 24.6 Å². The number of pyridine rings is 1. The Bertz CT molecular complexity index is 3570. The molecule has 2 aliphatic heterocycles. The van der Waals surface area contributed by atoms with Gasteiger partial charge in [-0.05, 0) is 134 Å². The van der Waals surface area contributed by atoms with Gasteiger partial charge in [-0.3, -0.25) is 14.8 Å².